The fraction of sp³-hybridized carbons (Fsp3) is 0.769. The molecule has 17 heavy (non-hydrogen) atoms. The number of hydrogen-bond donors (Lipinski definition) is 1. The molecular formula is C13H23N3S. The first kappa shape index (κ1) is 13.0. The molecule has 1 saturated heterocycles. The third-order valence-electron chi connectivity index (χ3n) is 3.42. The van der Waals surface area contributed by atoms with E-state index in [4.69, 9.17) is 0 Å². The van der Waals surface area contributed by atoms with Gasteiger partial charge in [0.05, 0.1) is 5.51 Å². The zero-order chi connectivity index (χ0) is 12.1. The lowest BCUT2D eigenvalue weighted by Gasteiger charge is -2.22. The summed E-state index contributed by atoms with van der Waals surface area (Å²) in [5.41, 5.74) is 1.90. The standard InChI is InChI=1S/C13H23N3S/c1-11(9-16-5-3-4-6-16)7-15-12(2)13-8-14-10-17-13/h8,10-12,15H,3-7,9H2,1-2H3. The minimum atomic E-state index is 0.434. The number of hydrogen-bond acceptors (Lipinski definition) is 4. The molecule has 1 N–H and O–H groups in total. The molecule has 3 nitrogen and oxygen atoms in total. The largest absolute Gasteiger partial charge is 0.309 e. The van der Waals surface area contributed by atoms with Crippen LogP contribution in [0.3, 0.4) is 0 Å². The van der Waals surface area contributed by atoms with Gasteiger partial charge in [-0.25, -0.2) is 0 Å². The Kier molecular flexibility index (Phi) is 4.95. The number of thiazole rings is 1. The van der Waals surface area contributed by atoms with Crippen molar-refractivity contribution in [1.82, 2.24) is 15.2 Å². The second kappa shape index (κ2) is 6.47. The van der Waals surface area contributed by atoms with E-state index in [0.29, 0.717) is 6.04 Å². The Balaban J connectivity index is 1.66. The number of nitrogens with zero attached hydrogens (tertiary/aromatic N) is 2. The molecule has 0 aliphatic carbocycles. The molecule has 1 fully saturated rings. The van der Waals surface area contributed by atoms with Crippen molar-refractivity contribution in [2.75, 3.05) is 26.2 Å². The summed E-state index contributed by atoms with van der Waals surface area (Å²) in [5.74, 6) is 0.725. The summed E-state index contributed by atoms with van der Waals surface area (Å²) in [7, 11) is 0. The first-order valence-electron chi connectivity index (χ1n) is 6.60. The molecule has 2 unspecified atom stereocenters. The van der Waals surface area contributed by atoms with Crippen LogP contribution in [0, 0.1) is 5.92 Å². The minimum Gasteiger partial charge on any atom is -0.309 e. The highest BCUT2D eigenvalue weighted by molar-refractivity contribution is 7.09. The summed E-state index contributed by atoms with van der Waals surface area (Å²) in [6, 6.07) is 0.434. The molecule has 4 heteroatoms. The monoisotopic (exact) mass is 253 g/mol. The highest BCUT2D eigenvalue weighted by atomic mass is 32.1. The van der Waals surface area contributed by atoms with Crippen LogP contribution < -0.4 is 5.32 Å². The van der Waals surface area contributed by atoms with Gasteiger partial charge in [-0.3, -0.25) is 4.98 Å². The van der Waals surface area contributed by atoms with Crippen LogP contribution in [-0.4, -0.2) is 36.1 Å². The molecule has 2 atom stereocenters. The van der Waals surface area contributed by atoms with Crippen LogP contribution in [0.5, 0.6) is 0 Å². The van der Waals surface area contributed by atoms with E-state index >= 15 is 0 Å². The summed E-state index contributed by atoms with van der Waals surface area (Å²) in [6.45, 7) is 9.49. The maximum Gasteiger partial charge on any atom is 0.0794 e. The van der Waals surface area contributed by atoms with E-state index in [1.165, 1.54) is 37.4 Å². The third kappa shape index (κ3) is 4.05. The molecule has 0 saturated carbocycles. The van der Waals surface area contributed by atoms with Gasteiger partial charge in [-0.2, -0.15) is 0 Å². The van der Waals surface area contributed by atoms with Crippen LogP contribution in [-0.2, 0) is 0 Å². The van der Waals surface area contributed by atoms with Crippen molar-refractivity contribution >= 4 is 11.3 Å². The summed E-state index contributed by atoms with van der Waals surface area (Å²) in [4.78, 5) is 8.04. The van der Waals surface area contributed by atoms with Crippen molar-refractivity contribution < 1.29 is 0 Å². The van der Waals surface area contributed by atoms with Crippen molar-refractivity contribution in [1.29, 1.82) is 0 Å². The maximum atomic E-state index is 4.12. The highest BCUT2D eigenvalue weighted by Crippen LogP contribution is 2.16. The van der Waals surface area contributed by atoms with Gasteiger partial charge in [-0.1, -0.05) is 6.92 Å². The van der Waals surface area contributed by atoms with Crippen molar-refractivity contribution in [3.05, 3.63) is 16.6 Å². The van der Waals surface area contributed by atoms with Crippen molar-refractivity contribution in [3.63, 3.8) is 0 Å². The number of likely N-dealkylation sites (tertiary alicyclic amines) is 1. The SMILES string of the molecule is CC(CNC(C)c1cncs1)CN1CCCC1. The van der Waals surface area contributed by atoms with Gasteiger partial charge >= 0.3 is 0 Å². The average molecular weight is 253 g/mol. The van der Waals surface area contributed by atoms with Crippen LogP contribution in [0.15, 0.2) is 11.7 Å². The van der Waals surface area contributed by atoms with Gasteiger partial charge in [-0.05, 0) is 45.3 Å². The molecule has 2 rings (SSSR count). The van der Waals surface area contributed by atoms with Gasteiger partial charge < -0.3 is 10.2 Å². The highest BCUT2D eigenvalue weighted by Gasteiger charge is 2.15. The zero-order valence-electron chi connectivity index (χ0n) is 10.9. The topological polar surface area (TPSA) is 28.2 Å². The first-order chi connectivity index (χ1) is 8.25. The molecule has 0 bridgehead atoms. The van der Waals surface area contributed by atoms with Gasteiger partial charge in [0, 0.05) is 23.7 Å². The Labute approximate surface area is 108 Å². The predicted molar refractivity (Wildman–Crippen MR) is 73.4 cm³/mol. The van der Waals surface area contributed by atoms with Crippen molar-refractivity contribution in [2.45, 2.75) is 32.7 Å². The van der Waals surface area contributed by atoms with Gasteiger partial charge in [0.15, 0.2) is 0 Å². The predicted octanol–water partition coefficient (Wildman–Crippen LogP) is 2.53. The van der Waals surface area contributed by atoms with Crippen LogP contribution in [0.2, 0.25) is 0 Å². The van der Waals surface area contributed by atoms with E-state index in [1.807, 2.05) is 11.7 Å². The minimum absolute atomic E-state index is 0.434. The number of aromatic nitrogens is 1. The molecule has 1 aliphatic rings. The molecule has 1 aromatic heterocycles. The molecule has 0 spiro atoms. The lowest BCUT2D eigenvalue weighted by Crippen LogP contribution is -2.32. The number of nitrogens with one attached hydrogen (secondary N) is 1. The quantitative estimate of drug-likeness (QED) is 0.844. The smallest absolute Gasteiger partial charge is 0.0794 e. The Bertz CT molecular complexity index is 306. The van der Waals surface area contributed by atoms with Gasteiger partial charge in [-0.15, -0.1) is 11.3 Å². The number of rotatable bonds is 6. The lowest BCUT2D eigenvalue weighted by atomic mass is 10.1. The fourth-order valence-electron chi connectivity index (χ4n) is 2.39. The summed E-state index contributed by atoms with van der Waals surface area (Å²) >= 11 is 1.73. The van der Waals surface area contributed by atoms with E-state index in [0.717, 1.165) is 12.5 Å². The van der Waals surface area contributed by atoms with E-state index in [9.17, 15) is 0 Å². The average Bonchev–Trinajstić information content (AvgIpc) is 2.97. The Morgan fingerprint density at radius 2 is 2.18 bits per heavy atom. The molecule has 0 amide bonds. The summed E-state index contributed by atoms with van der Waals surface area (Å²) in [6.07, 6.45) is 4.74. The van der Waals surface area contributed by atoms with E-state index in [-0.39, 0.29) is 0 Å². The lowest BCUT2D eigenvalue weighted by molar-refractivity contribution is 0.279. The van der Waals surface area contributed by atoms with Gasteiger partial charge in [0.25, 0.3) is 0 Å². The van der Waals surface area contributed by atoms with Gasteiger partial charge in [0.1, 0.15) is 0 Å². The van der Waals surface area contributed by atoms with Crippen LogP contribution in [0.25, 0.3) is 0 Å². The van der Waals surface area contributed by atoms with Crippen molar-refractivity contribution in [3.8, 4) is 0 Å². The Morgan fingerprint density at radius 1 is 1.41 bits per heavy atom. The van der Waals surface area contributed by atoms with Crippen LogP contribution >= 0.6 is 11.3 Å². The normalized spacial score (nSPS) is 20.6. The Morgan fingerprint density at radius 3 is 2.82 bits per heavy atom. The fourth-order valence-corrected chi connectivity index (χ4v) is 3.04. The molecule has 0 radical (unpaired) electrons. The third-order valence-corrected chi connectivity index (χ3v) is 4.38. The van der Waals surface area contributed by atoms with Crippen LogP contribution in [0.4, 0.5) is 0 Å². The molecular weight excluding hydrogens is 230 g/mol. The molecule has 2 heterocycles. The van der Waals surface area contributed by atoms with E-state index < -0.39 is 0 Å². The first-order valence-corrected chi connectivity index (χ1v) is 7.48. The Hall–Kier alpha value is -0.450. The maximum absolute atomic E-state index is 4.12. The second-order valence-electron chi connectivity index (χ2n) is 5.15. The second-order valence-corrected chi connectivity index (χ2v) is 6.06. The van der Waals surface area contributed by atoms with Crippen molar-refractivity contribution in [2.24, 2.45) is 5.92 Å². The summed E-state index contributed by atoms with van der Waals surface area (Å²) < 4.78 is 0. The van der Waals surface area contributed by atoms with Crippen LogP contribution in [0.1, 0.15) is 37.6 Å². The van der Waals surface area contributed by atoms with E-state index in [1.54, 1.807) is 11.3 Å². The van der Waals surface area contributed by atoms with E-state index in [2.05, 4.69) is 29.0 Å². The summed E-state index contributed by atoms with van der Waals surface area (Å²) in [5, 5.41) is 3.60. The van der Waals surface area contributed by atoms with Gasteiger partial charge in [0.2, 0.25) is 0 Å². The molecule has 1 aromatic rings. The molecule has 0 aromatic carbocycles. The molecule has 1 aliphatic heterocycles. The zero-order valence-corrected chi connectivity index (χ0v) is 11.7. The molecule has 96 valence electrons.